The van der Waals surface area contributed by atoms with Crippen molar-refractivity contribution in [1.29, 1.82) is 0 Å². The van der Waals surface area contributed by atoms with E-state index < -0.39 is 5.60 Å². The third-order valence-electron chi connectivity index (χ3n) is 6.03. The largest absolute Gasteiger partial charge is 0.481 e. The molecule has 0 N–H and O–H groups in total. The standard InChI is InChI=1S/C30H31O3S/c1-4-17-30(18-11-12-19-30)33-28(31)22-32-29-23(2)20-27(21-24(29)3)34(25-13-7-5-8-14-25)26-15-9-6-10-16-26/h5-10,13-16,20-21H,11-12,18-19,22H2,1-3H3/q+1. The molecule has 0 bridgehead atoms. The molecular formula is C30H31O3S+. The van der Waals surface area contributed by atoms with Crippen LogP contribution in [0.25, 0.3) is 0 Å². The highest BCUT2D eigenvalue weighted by molar-refractivity contribution is 7.97. The van der Waals surface area contributed by atoms with Gasteiger partial charge in [0, 0.05) is 12.1 Å². The number of benzene rings is 3. The van der Waals surface area contributed by atoms with Crippen molar-refractivity contribution in [3.8, 4) is 17.6 Å². The van der Waals surface area contributed by atoms with Gasteiger partial charge in [0.25, 0.3) is 0 Å². The van der Waals surface area contributed by atoms with Gasteiger partial charge in [-0.05, 0) is 81.8 Å². The zero-order chi connectivity index (χ0) is 24.0. The normalized spacial score (nSPS) is 14.4. The van der Waals surface area contributed by atoms with E-state index in [0.29, 0.717) is 0 Å². The lowest BCUT2D eigenvalue weighted by atomic mass is 10.0. The third kappa shape index (κ3) is 5.48. The van der Waals surface area contributed by atoms with Crippen molar-refractivity contribution < 1.29 is 14.3 Å². The SMILES string of the molecule is CC#CC1(OC(=O)COc2c(C)cc([S+](c3ccccc3)c3ccccc3)cc2C)CCCC1. The summed E-state index contributed by atoms with van der Waals surface area (Å²) in [6, 6.07) is 25.5. The molecule has 0 unspecified atom stereocenters. The summed E-state index contributed by atoms with van der Waals surface area (Å²) in [6.07, 6.45) is 3.67. The number of rotatable bonds is 7. The maximum atomic E-state index is 12.6. The Morgan fingerprint density at radius 2 is 1.41 bits per heavy atom. The summed E-state index contributed by atoms with van der Waals surface area (Å²) in [5.74, 6) is 6.42. The van der Waals surface area contributed by atoms with Crippen molar-refractivity contribution in [1.82, 2.24) is 0 Å². The van der Waals surface area contributed by atoms with Gasteiger partial charge < -0.3 is 9.47 Å². The second-order valence-corrected chi connectivity index (χ2v) is 10.7. The number of carbonyl (C=O) groups excluding carboxylic acids is 1. The molecule has 0 radical (unpaired) electrons. The molecule has 0 heterocycles. The predicted molar refractivity (Wildman–Crippen MR) is 137 cm³/mol. The Balaban J connectivity index is 1.55. The third-order valence-corrected chi connectivity index (χ3v) is 8.23. The number of carbonyl (C=O) groups is 1. The van der Waals surface area contributed by atoms with Crippen LogP contribution in [-0.2, 0) is 20.4 Å². The highest BCUT2D eigenvalue weighted by Crippen LogP contribution is 2.36. The topological polar surface area (TPSA) is 35.5 Å². The van der Waals surface area contributed by atoms with E-state index in [4.69, 9.17) is 9.47 Å². The number of hydrogen-bond donors (Lipinski definition) is 0. The van der Waals surface area contributed by atoms with E-state index in [1.807, 2.05) is 26.0 Å². The van der Waals surface area contributed by atoms with Gasteiger partial charge in [0.2, 0.25) is 0 Å². The minimum Gasteiger partial charge on any atom is -0.481 e. The molecule has 3 nitrogen and oxygen atoms in total. The quantitative estimate of drug-likeness (QED) is 0.220. The Morgan fingerprint density at radius 3 is 1.91 bits per heavy atom. The molecule has 0 spiro atoms. The van der Waals surface area contributed by atoms with Gasteiger partial charge in [-0.15, -0.1) is 5.92 Å². The summed E-state index contributed by atoms with van der Waals surface area (Å²) in [6.45, 7) is 5.75. The van der Waals surface area contributed by atoms with Crippen LogP contribution < -0.4 is 4.74 Å². The molecule has 1 saturated carbocycles. The summed E-state index contributed by atoms with van der Waals surface area (Å²) >= 11 is 0. The average molecular weight is 472 g/mol. The first-order chi connectivity index (χ1) is 16.5. The van der Waals surface area contributed by atoms with Crippen molar-refractivity contribution in [2.45, 2.75) is 66.7 Å². The van der Waals surface area contributed by atoms with Crippen LogP contribution >= 0.6 is 0 Å². The second-order valence-electron chi connectivity index (χ2n) is 8.66. The van der Waals surface area contributed by atoms with Gasteiger partial charge in [0.05, 0.1) is 10.9 Å². The van der Waals surface area contributed by atoms with Crippen molar-refractivity contribution in [3.05, 3.63) is 83.9 Å². The smallest absolute Gasteiger partial charge is 0.345 e. The molecule has 0 aliphatic heterocycles. The van der Waals surface area contributed by atoms with Gasteiger partial charge in [0.15, 0.2) is 26.9 Å². The number of aryl methyl sites for hydroxylation is 2. The van der Waals surface area contributed by atoms with Gasteiger partial charge in [-0.2, -0.15) is 0 Å². The molecule has 0 aromatic heterocycles. The van der Waals surface area contributed by atoms with Gasteiger partial charge in [-0.25, -0.2) is 4.79 Å². The highest BCUT2D eigenvalue weighted by atomic mass is 32.2. The zero-order valence-corrected chi connectivity index (χ0v) is 20.9. The van der Waals surface area contributed by atoms with Crippen LogP contribution in [0.3, 0.4) is 0 Å². The van der Waals surface area contributed by atoms with Gasteiger partial charge in [0.1, 0.15) is 5.75 Å². The Bertz CT molecular complexity index is 1120. The Labute approximate surface area is 205 Å². The maximum Gasteiger partial charge on any atom is 0.345 e. The molecule has 1 aliphatic rings. The van der Waals surface area contributed by atoms with Crippen LogP contribution in [0.15, 0.2) is 87.5 Å². The fourth-order valence-corrected chi connectivity index (χ4v) is 6.85. The number of hydrogen-bond acceptors (Lipinski definition) is 3. The second kappa shape index (κ2) is 10.8. The van der Waals surface area contributed by atoms with E-state index in [0.717, 1.165) is 42.6 Å². The summed E-state index contributed by atoms with van der Waals surface area (Å²) in [5.41, 5.74) is 1.38. The van der Waals surface area contributed by atoms with Crippen molar-refractivity contribution in [2.24, 2.45) is 0 Å². The average Bonchev–Trinajstić information content (AvgIpc) is 3.28. The first kappa shape index (κ1) is 24.0. The lowest BCUT2D eigenvalue weighted by Gasteiger charge is -2.23. The van der Waals surface area contributed by atoms with Crippen LogP contribution in [-0.4, -0.2) is 18.2 Å². The first-order valence-corrected chi connectivity index (χ1v) is 13.0. The van der Waals surface area contributed by atoms with E-state index in [1.54, 1.807) is 6.92 Å². The maximum absolute atomic E-state index is 12.6. The molecule has 0 amide bonds. The monoisotopic (exact) mass is 471 g/mol. The van der Waals surface area contributed by atoms with E-state index >= 15 is 0 Å². The zero-order valence-electron chi connectivity index (χ0n) is 20.1. The van der Waals surface area contributed by atoms with Gasteiger partial charge in [-0.1, -0.05) is 42.3 Å². The molecular weight excluding hydrogens is 440 g/mol. The van der Waals surface area contributed by atoms with Crippen molar-refractivity contribution in [3.63, 3.8) is 0 Å². The van der Waals surface area contributed by atoms with Gasteiger partial charge in [-0.3, -0.25) is 0 Å². The Kier molecular flexibility index (Phi) is 7.65. The molecule has 1 aliphatic carbocycles. The molecule has 3 aromatic carbocycles. The van der Waals surface area contributed by atoms with E-state index in [-0.39, 0.29) is 23.5 Å². The number of esters is 1. The van der Waals surface area contributed by atoms with E-state index in [2.05, 4.69) is 72.5 Å². The molecule has 34 heavy (non-hydrogen) atoms. The lowest BCUT2D eigenvalue weighted by Crippen LogP contribution is -2.32. The fraction of sp³-hybridized carbons (Fsp3) is 0.300. The summed E-state index contributed by atoms with van der Waals surface area (Å²) in [7, 11) is -0.230. The number of ether oxygens (including phenoxy) is 2. The fourth-order valence-electron chi connectivity index (χ4n) is 4.58. The van der Waals surface area contributed by atoms with Crippen LogP contribution in [0, 0.1) is 25.7 Å². The van der Waals surface area contributed by atoms with Crippen molar-refractivity contribution >= 4 is 16.9 Å². The molecule has 0 saturated heterocycles. The first-order valence-electron chi connectivity index (χ1n) is 11.8. The highest BCUT2D eigenvalue weighted by Gasteiger charge is 2.36. The summed E-state index contributed by atoms with van der Waals surface area (Å²) in [4.78, 5) is 16.4. The lowest BCUT2D eigenvalue weighted by molar-refractivity contribution is -0.156. The minimum absolute atomic E-state index is 0.114. The summed E-state index contributed by atoms with van der Waals surface area (Å²) in [5, 5.41) is 0. The minimum atomic E-state index is -0.636. The van der Waals surface area contributed by atoms with Crippen LogP contribution in [0.4, 0.5) is 0 Å². The predicted octanol–water partition coefficient (Wildman–Crippen LogP) is 6.66. The van der Waals surface area contributed by atoms with E-state index in [9.17, 15) is 4.79 Å². The van der Waals surface area contributed by atoms with Crippen LogP contribution in [0.2, 0.25) is 0 Å². The van der Waals surface area contributed by atoms with Crippen LogP contribution in [0.5, 0.6) is 5.75 Å². The van der Waals surface area contributed by atoms with E-state index in [1.165, 1.54) is 14.7 Å². The molecule has 3 aromatic rings. The van der Waals surface area contributed by atoms with Crippen LogP contribution in [0.1, 0.15) is 43.7 Å². The molecule has 1 fully saturated rings. The summed E-state index contributed by atoms with van der Waals surface area (Å²) < 4.78 is 11.8. The molecule has 0 atom stereocenters. The molecule has 4 heteroatoms. The van der Waals surface area contributed by atoms with Gasteiger partial charge >= 0.3 is 5.97 Å². The van der Waals surface area contributed by atoms with Crippen molar-refractivity contribution in [2.75, 3.05) is 6.61 Å². The Morgan fingerprint density at radius 1 is 0.882 bits per heavy atom. The molecule has 174 valence electrons. The Hall–Kier alpha value is -3.16. The molecule has 4 rings (SSSR count).